The molecule has 6 atom stereocenters. The fourth-order valence-corrected chi connectivity index (χ4v) is 6.13. The van der Waals surface area contributed by atoms with Crippen LogP contribution in [0.1, 0.15) is 49.5 Å². The van der Waals surface area contributed by atoms with Crippen molar-refractivity contribution in [1.29, 1.82) is 5.26 Å². The van der Waals surface area contributed by atoms with Crippen molar-refractivity contribution >= 4 is 17.9 Å². The lowest BCUT2D eigenvalue weighted by molar-refractivity contribution is -0.128. The van der Waals surface area contributed by atoms with Gasteiger partial charge in [0.15, 0.2) is 0 Å². The van der Waals surface area contributed by atoms with E-state index in [1.807, 2.05) is 0 Å². The highest BCUT2D eigenvalue weighted by atomic mass is 19.1. The van der Waals surface area contributed by atoms with Gasteiger partial charge in [0.25, 0.3) is 0 Å². The van der Waals surface area contributed by atoms with E-state index in [0.717, 1.165) is 12.8 Å². The van der Waals surface area contributed by atoms with Crippen LogP contribution in [-0.4, -0.2) is 46.5 Å². The molecule has 2 aliphatic carbocycles. The number of nitrogens with zero attached hydrogens (tertiary/aromatic N) is 2. The van der Waals surface area contributed by atoms with Crippen LogP contribution in [0.15, 0.2) is 42.5 Å². The fourth-order valence-electron chi connectivity index (χ4n) is 6.13. The molecule has 3 fully saturated rings. The van der Waals surface area contributed by atoms with Crippen LogP contribution in [0, 0.1) is 34.9 Å². The number of amides is 3. The first-order valence-electron chi connectivity index (χ1n) is 12.9. The number of nitriles is 1. The summed E-state index contributed by atoms with van der Waals surface area (Å²) in [5, 5.41) is 12.5. The average Bonchev–Trinajstić information content (AvgIpc) is 3.47. The number of hydrogen-bond acceptors (Lipinski definition) is 5. The molecule has 3 N–H and O–H groups in total. The molecule has 3 aliphatic rings. The van der Waals surface area contributed by atoms with Gasteiger partial charge in [-0.05, 0) is 86.3 Å². The molecule has 198 valence electrons. The van der Waals surface area contributed by atoms with E-state index < -0.39 is 41.4 Å². The predicted molar refractivity (Wildman–Crippen MR) is 137 cm³/mol. The molecule has 3 amide bonds. The standard InChI is InChI=1S/C29H31FN4O4/c1-29(2,3)38-28(37)34-24-13-22(20-12-21(20)24)25(34)27(36)33-19(14-31)10-17-8-7-16(11-23(17)30)15-5-4-6-18(9-15)26(32)35/h4-9,11,19-22,24-25H,10,12-13H2,1-3H3,(H2,32,35)(H,33,36)/t19-,20+,21-,22+,24-,25-/m0/s1. The van der Waals surface area contributed by atoms with Gasteiger partial charge in [-0.15, -0.1) is 0 Å². The molecule has 1 heterocycles. The number of carbonyl (C=O) groups is 3. The maximum absolute atomic E-state index is 15.1. The Kier molecular flexibility index (Phi) is 6.38. The number of nitrogens with two attached hydrogens (primary N) is 1. The van der Waals surface area contributed by atoms with Crippen LogP contribution in [-0.2, 0) is 16.0 Å². The van der Waals surface area contributed by atoms with E-state index in [2.05, 4.69) is 11.4 Å². The molecule has 0 radical (unpaired) electrons. The molecular weight excluding hydrogens is 487 g/mol. The summed E-state index contributed by atoms with van der Waals surface area (Å²) in [5.74, 6) is -0.621. The monoisotopic (exact) mass is 518 g/mol. The Labute approximate surface area is 220 Å². The first-order valence-corrected chi connectivity index (χ1v) is 12.9. The molecule has 2 aromatic rings. The van der Waals surface area contributed by atoms with Crippen molar-refractivity contribution in [2.75, 3.05) is 0 Å². The molecule has 38 heavy (non-hydrogen) atoms. The van der Waals surface area contributed by atoms with Crippen LogP contribution in [0.5, 0.6) is 0 Å². The van der Waals surface area contributed by atoms with Crippen molar-refractivity contribution in [1.82, 2.24) is 10.2 Å². The number of halogens is 1. The number of rotatable bonds is 6. The van der Waals surface area contributed by atoms with E-state index >= 15 is 4.39 Å². The molecule has 8 nitrogen and oxygen atoms in total. The van der Waals surface area contributed by atoms with Crippen molar-refractivity contribution in [3.05, 3.63) is 59.4 Å². The van der Waals surface area contributed by atoms with Crippen LogP contribution >= 0.6 is 0 Å². The SMILES string of the molecule is CC(C)(C)OC(=O)N1[C@H](C(=O)N[C@H](C#N)Cc2ccc(-c3cccc(C(N)=O)c3)cc2F)[C@@H]2C[C@H]1[C@H]1C[C@@H]21. The zero-order chi connectivity index (χ0) is 27.4. The van der Waals surface area contributed by atoms with Gasteiger partial charge in [-0.1, -0.05) is 24.3 Å². The average molecular weight is 519 g/mol. The van der Waals surface area contributed by atoms with Crippen molar-refractivity contribution < 1.29 is 23.5 Å². The highest BCUT2D eigenvalue weighted by molar-refractivity contribution is 5.94. The molecule has 0 aromatic heterocycles. The lowest BCUT2D eigenvalue weighted by atomic mass is 9.95. The third-order valence-corrected chi connectivity index (χ3v) is 7.81. The second kappa shape index (κ2) is 9.43. The first kappa shape index (κ1) is 25.7. The van der Waals surface area contributed by atoms with E-state index in [1.165, 1.54) is 6.07 Å². The zero-order valence-electron chi connectivity index (χ0n) is 21.6. The van der Waals surface area contributed by atoms with E-state index in [4.69, 9.17) is 10.5 Å². The minimum Gasteiger partial charge on any atom is -0.444 e. The van der Waals surface area contributed by atoms with Gasteiger partial charge in [-0.2, -0.15) is 5.26 Å². The summed E-state index contributed by atoms with van der Waals surface area (Å²) in [7, 11) is 0. The summed E-state index contributed by atoms with van der Waals surface area (Å²) in [6, 6.07) is 11.6. The van der Waals surface area contributed by atoms with Crippen molar-refractivity contribution in [2.24, 2.45) is 23.5 Å². The maximum atomic E-state index is 15.1. The van der Waals surface area contributed by atoms with Gasteiger partial charge in [0.05, 0.1) is 6.07 Å². The minimum atomic E-state index is -0.976. The molecule has 2 aromatic carbocycles. The summed E-state index contributed by atoms with van der Waals surface area (Å²) in [5.41, 5.74) is 6.43. The van der Waals surface area contributed by atoms with Crippen molar-refractivity contribution in [3.63, 3.8) is 0 Å². The summed E-state index contributed by atoms with van der Waals surface area (Å²) < 4.78 is 20.7. The topological polar surface area (TPSA) is 126 Å². The van der Waals surface area contributed by atoms with Gasteiger partial charge in [0, 0.05) is 18.0 Å². The van der Waals surface area contributed by atoms with E-state index in [1.54, 1.807) is 62.1 Å². The molecular formula is C29H31FN4O4. The number of nitrogens with one attached hydrogen (secondary N) is 1. The van der Waals surface area contributed by atoms with Crippen LogP contribution in [0.4, 0.5) is 9.18 Å². The van der Waals surface area contributed by atoms with Crippen LogP contribution in [0.3, 0.4) is 0 Å². The number of benzene rings is 2. The van der Waals surface area contributed by atoms with Gasteiger partial charge < -0.3 is 15.8 Å². The largest absolute Gasteiger partial charge is 0.444 e. The van der Waals surface area contributed by atoms with Crippen molar-refractivity contribution in [3.8, 4) is 17.2 Å². The van der Waals surface area contributed by atoms with Gasteiger partial charge in [0.1, 0.15) is 23.5 Å². The predicted octanol–water partition coefficient (Wildman–Crippen LogP) is 3.79. The Morgan fingerprint density at radius 1 is 1.13 bits per heavy atom. The Morgan fingerprint density at radius 2 is 1.87 bits per heavy atom. The number of primary amides is 1. The number of ether oxygens (including phenoxy) is 1. The lowest BCUT2D eigenvalue weighted by Crippen LogP contribution is -2.56. The molecule has 0 spiro atoms. The van der Waals surface area contributed by atoms with Crippen LogP contribution in [0.2, 0.25) is 0 Å². The highest BCUT2D eigenvalue weighted by Crippen LogP contribution is 2.63. The molecule has 5 rings (SSSR count). The number of hydrogen-bond donors (Lipinski definition) is 2. The van der Waals surface area contributed by atoms with E-state index in [9.17, 15) is 19.6 Å². The van der Waals surface area contributed by atoms with Crippen molar-refractivity contribution in [2.45, 2.75) is 63.8 Å². The van der Waals surface area contributed by atoms with Crippen LogP contribution < -0.4 is 11.1 Å². The second-order valence-electron chi connectivity index (χ2n) is 11.5. The summed E-state index contributed by atoms with van der Waals surface area (Å²) in [6.45, 7) is 5.36. The van der Waals surface area contributed by atoms with Gasteiger partial charge in [0.2, 0.25) is 11.8 Å². The Morgan fingerprint density at radius 3 is 2.53 bits per heavy atom. The summed E-state index contributed by atoms with van der Waals surface area (Å²) in [4.78, 5) is 39.5. The number of carbonyl (C=O) groups excluding carboxylic acids is 3. The third-order valence-electron chi connectivity index (χ3n) is 7.81. The fraction of sp³-hybridized carbons (Fsp3) is 0.448. The number of fused-ring (bicyclic) bond motifs is 5. The number of likely N-dealkylation sites (tertiary alicyclic amines) is 1. The molecule has 0 unspecified atom stereocenters. The normalized spacial score (nSPS) is 25.8. The molecule has 1 saturated heterocycles. The number of piperidine rings is 1. The third kappa shape index (κ3) is 4.83. The van der Waals surface area contributed by atoms with Gasteiger partial charge in [-0.25, -0.2) is 9.18 Å². The van der Waals surface area contributed by atoms with Gasteiger partial charge in [-0.3, -0.25) is 14.5 Å². The Balaban J connectivity index is 1.29. The second-order valence-corrected chi connectivity index (χ2v) is 11.5. The maximum Gasteiger partial charge on any atom is 0.411 e. The Hall–Kier alpha value is -3.93. The molecule has 1 aliphatic heterocycles. The summed E-state index contributed by atoms with van der Waals surface area (Å²) >= 11 is 0. The van der Waals surface area contributed by atoms with E-state index in [-0.39, 0.29) is 23.9 Å². The van der Waals surface area contributed by atoms with Crippen LogP contribution in [0.25, 0.3) is 11.1 Å². The molecule has 2 bridgehead atoms. The lowest BCUT2D eigenvalue weighted by Gasteiger charge is -2.35. The first-order chi connectivity index (χ1) is 18.0. The molecule has 9 heteroatoms. The highest BCUT2D eigenvalue weighted by Gasteiger charge is 2.67. The van der Waals surface area contributed by atoms with E-state index in [0.29, 0.717) is 28.5 Å². The minimum absolute atomic E-state index is 0.0193. The Bertz CT molecular complexity index is 1350. The zero-order valence-corrected chi connectivity index (χ0v) is 21.6. The summed E-state index contributed by atoms with van der Waals surface area (Å²) in [6.07, 6.45) is 1.22. The smallest absolute Gasteiger partial charge is 0.411 e. The van der Waals surface area contributed by atoms with Gasteiger partial charge >= 0.3 is 6.09 Å². The quantitative estimate of drug-likeness (QED) is 0.602. The molecule has 2 saturated carbocycles.